The van der Waals surface area contributed by atoms with Crippen molar-refractivity contribution in [3.05, 3.63) is 24.3 Å². The third-order valence-electron chi connectivity index (χ3n) is 4.37. The molecule has 0 aromatic heterocycles. The van der Waals surface area contributed by atoms with Crippen LogP contribution < -0.4 is 10.2 Å². The Hall–Kier alpha value is -2.08. The van der Waals surface area contributed by atoms with E-state index in [9.17, 15) is 9.59 Å². The van der Waals surface area contributed by atoms with Gasteiger partial charge in [0.25, 0.3) is 0 Å². The quantitative estimate of drug-likeness (QED) is 0.785. The molecule has 6 nitrogen and oxygen atoms in total. The molecule has 1 aliphatic rings. The van der Waals surface area contributed by atoms with Crippen LogP contribution in [0.15, 0.2) is 24.3 Å². The molecule has 1 saturated heterocycles. The molecule has 1 heterocycles. The van der Waals surface area contributed by atoms with Crippen molar-refractivity contribution in [2.75, 3.05) is 49.6 Å². The van der Waals surface area contributed by atoms with Crippen molar-refractivity contribution in [2.45, 2.75) is 33.1 Å². The van der Waals surface area contributed by atoms with Crippen LogP contribution in [0.1, 0.15) is 33.1 Å². The van der Waals surface area contributed by atoms with Crippen LogP contribution in [-0.4, -0.2) is 56.1 Å². The van der Waals surface area contributed by atoms with Crippen molar-refractivity contribution >= 4 is 23.2 Å². The molecule has 0 aliphatic carbocycles. The van der Waals surface area contributed by atoms with E-state index < -0.39 is 0 Å². The Kier molecular flexibility index (Phi) is 7.73. The largest absolute Gasteiger partial charge is 0.378 e. The number of morpholine rings is 1. The molecular formula is C19H29N3O3. The first kappa shape index (κ1) is 19.2. The molecule has 2 amide bonds. The van der Waals surface area contributed by atoms with Gasteiger partial charge in [-0.05, 0) is 18.6 Å². The lowest BCUT2D eigenvalue weighted by molar-refractivity contribution is -0.129. The normalized spacial score (nSPS) is 14.2. The maximum absolute atomic E-state index is 12.4. The van der Waals surface area contributed by atoms with Gasteiger partial charge in [-0.3, -0.25) is 9.59 Å². The van der Waals surface area contributed by atoms with E-state index in [1.807, 2.05) is 24.3 Å². The molecule has 1 aromatic carbocycles. The summed E-state index contributed by atoms with van der Waals surface area (Å²) >= 11 is 0. The molecule has 2 rings (SSSR count). The highest BCUT2D eigenvalue weighted by molar-refractivity contribution is 5.94. The van der Waals surface area contributed by atoms with E-state index in [1.54, 1.807) is 11.8 Å². The SMILES string of the molecule is CCCCN(CCC(=O)Nc1ccccc1N1CCOCC1)C(C)=O. The molecule has 6 heteroatoms. The van der Waals surface area contributed by atoms with Crippen LogP contribution >= 0.6 is 0 Å². The summed E-state index contributed by atoms with van der Waals surface area (Å²) in [7, 11) is 0. The van der Waals surface area contributed by atoms with Gasteiger partial charge in [0.1, 0.15) is 0 Å². The van der Waals surface area contributed by atoms with Crippen molar-refractivity contribution < 1.29 is 14.3 Å². The van der Waals surface area contributed by atoms with Crippen molar-refractivity contribution in [1.82, 2.24) is 4.90 Å². The van der Waals surface area contributed by atoms with Gasteiger partial charge in [0.05, 0.1) is 24.6 Å². The minimum atomic E-state index is -0.0662. The summed E-state index contributed by atoms with van der Waals surface area (Å²) in [6.07, 6.45) is 2.30. The monoisotopic (exact) mass is 347 g/mol. The van der Waals surface area contributed by atoms with Crippen molar-refractivity contribution in [3.63, 3.8) is 0 Å². The molecule has 1 N–H and O–H groups in total. The molecule has 1 aliphatic heterocycles. The second-order valence-electron chi connectivity index (χ2n) is 6.27. The van der Waals surface area contributed by atoms with Gasteiger partial charge in [0.15, 0.2) is 0 Å². The van der Waals surface area contributed by atoms with Gasteiger partial charge in [0, 0.05) is 39.5 Å². The molecule has 25 heavy (non-hydrogen) atoms. The highest BCUT2D eigenvalue weighted by atomic mass is 16.5. The minimum absolute atomic E-state index is 0.0231. The Bertz CT molecular complexity index is 571. The number of nitrogens with zero attached hydrogens (tertiary/aromatic N) is 2. The number of hydrogen-bond acceptors (Lipinski definition) is 4. The number of amides is 2. The smallest absolute Gasteiger partial charge is 0.226 e. The first-order valence-electron chi connectivity index (χ1n) is 9.09. The zero-order chi connectivity index (χ0) is 18.1. The Morgan fingerprint density at radius 3 is 2.60 bits per heavy atom. The molecule has 0 spiro atoms. The summed E-state index contributed by atoms with van der Waals surface area (Å²) in [6.45, 7) is 7.86. The molecule has 1 fully saturated rings. The van der Waals surface area contributed by atoms with Gasteiger partial charge < -0.3 is 19.9 Å². The molecule has 0 bridgehead atoms. The zero-order valence-electron chi connectivity index (χ0n) is 15.3. The summed E-state index contributed by atoms with van der Waals surface area (Å²) in [6, 6.07) is 7.83. The van der Waals surface area contributed by atoms with Gasteiger partial charge in [0.2, 0.25) is 11.8 Å². The highest BCUT2D eigenvalue weighted by Crippen LogP contribution is 2.26. The Morgan fingerprint density at radius 2 is 1.92 bits per heavy atom. The number of para-hydroxylation sites is 2. The third kappa shape index (κ3) is 6.05. The van der Waals surface area contributed by atoms with Gasteiger partial charge >= 0.3 is 0 Å². The fraction of sp³-hybridized carbons (Fsp3) is 0.579. The lowest BCUT2D eigenvalue weighted by Crippen LogP contribution is -2.37. The second-order valence-corrected chi connectivity index (χ2v) is 6.27. The average Bonchev–Trinajstić information content (AvgIpc) is 2.62. The standard InChI is InChI=1S/C19H29N3O3/c1-3-4-10-21(16(2)23)11-9-19(24)20-17-7-5-6-8-18(17)22-12-14-25-15-13-22/h5-8H,3-4,9-15H2,1-2H3,(H,20,24). The van der Waals surface area contributed by atoms with E-state index >= 15 is 0 Å². The first-order chi connectivity index (χ1) is 12.1. The maximum Gasteiger partial charge on any atom is 0.226 e. The number of unbranched alkanes of at least 4 members (excludes halogenated alkanes) is 1. The van der Waals surface area contributed by atoms with Crippen LogP contribution in [-0.2, 0) is 14.3 Å². The lowest BCUT2D eigenvalue weighted by Gasteiger charge is -2.30. The molecular weight excluding hydrogens is 318 g/mol. The lowest BCUT2D eigenvalue weighted by atomic mass is 10.2. The van der Waals surface area contributed by atoms with Gasteiger partial charge in [-0.15, -0.1) is 0 Å². The van der Waals surface area contributed by atoms with E-state index in [0.717, 1.165) is 37.3 Å². The van der Waals surface area contributed by atoms with Crippen LogP contribution in [0.3, 0.4) is 0 Å². The van der Waals surface area contributed by atoms with Crippen LogP contribution in [0.5, 0.6) is 0 Å². The summed E-state index contributed by atoms with van der Waals surface area (Å²) in [5, 5.41) is 3.00. The van der Waals surface area contributed by atoms with Gasteiger partial charge in [-0.2, -0.15) is 0 Å². The second kappa shape index (κ2) is 10.0. The van der Waals surface area contributed by atoms with E-state index in [0.29, 0.717) is 32.7 Å². The van der Waals surface area contributed by atoms with Crippen molar-refractivity contribution in [1.29, 1.82) is 0 Å². The molecule has 1 aromatic rings. The number of anilines is 2. The predicted molar refractivity (Wildman–Crippen MR) is 99.9 cm³/mol. The summed E-state index contributed by atoms with van der Waals surface area (Å²) < 4.78 is 5.40. The molecule has 0 atom stereocenters. The van der Waals surface area contributed by atoms with Crippen molar-refractivity contribution in [2.24, 2.45) is 0 Å². The van der Waals surface area contributed by atoms with Crippen molar-refractivity contribution in [3.8, 4) is 0 Å². The van der Waals surface area contributed by atoms with E-state index in [4.69, 9.17) is 4.74 Å². The van der Waals surface area contributed by atoms with Gasteiger partial charge in [-0.25, -0.2) is 0 Å². The molecule has 0 saturated carbocycles. The number of hydrogen-bond donors (Lipinski definition) is 1. The number of rotatable bonds is 8. The summed E-state index contributed by atoms with van der Waals surface area (Å²) in [5.41, 5.74) is 1.84. The summed E-state index contributed by atoms with van der Waals surface area (Å²) in [5.74, 6) is -0.0431. The number of carbonyl (C=O) groups excluding carboxylic acids is 2. The Morgan fingerprint density at radius 1 is 1.20 bits per heavy atom. The minimum Gasteiger partial charge on any atom is -0.378 e. The average molecular weight is 347 g/mol. The number of carbonyl (C=O) groups is 2. The maximum atomic E-state index is 12.4. The number of benzene rings is 1. The van der Waals surface area contributed by atoms with Crippen LogP contribution in [0.4, 0.5) is 11.4 Å². The third-order valence-corrected chi connectivity index (χ3v) is 4.37. The summed E-state index contributed by atoms with van der Waals surface area (Å²) in [4.78, 5) is 28.0. The Labute approximate surface area is 150 Å². The highest BCUT2D eigenvalue weighted by Gasteiger charge is 2.16. The van der Waals surface area contributed by atoms with Crippen LogP contribution in [0.25, 0.3) is 0 Å². The van der Waals surface area contributed by atoms with Crippen LogP contribution in [0, 0.1) is 0 Å². The Balaban J connectivity index is 1.92. The predicted octanol–water partition coefficient (Wildman–Crippen LogP) is 2.50. The molecule has 0 unspecified atom stereocenters. The fourth-order valence-electron chi connectivity index (χ4n) is 2.88. The molecule has 138 valence electrons. The number of ether oxygens (including phenoxy) is 1. The topological polar surface area (TPSA) is 61.9 Å². The fourth-order valence-corrected chi connectivity index (χ4v) is 2.88. The first-order valence-corrected chi connectivity index (χ1v) is 9.09. The van der Waals surface area contributed by atoms with E-state index in [2.05, 4.69) is 17.1 Å². The van der Waals surface area contributed by atoms with E-state index in [1.165, 1.54) is 0 Å². The number of nitrogens with one attached hydrogen (secondary N) is 1. The zero-order valence-corrected chi connectivity index (χ0v) is 15.3. The van der Waals surface area contributed by atoms with E-state index in [-0.39, 0.29) is 11.8 Å². The van der Waals surface area contributed by atoms with Gasteiger partial charge in [-0.1, -0.05) is 25.5 Å². The molecule has 0 radical (unpaired) electrons. The van der Waals surface area contributed by atoms with Crippen LogP contribution in [0.2, 0.25) is 0 Å².